The predicted molar refractivity (Wildman–Crippen MR) is 72.6 cm³/mol. The van der Waals surface area contributed by atoms with Crippen LogP contribution in [0.15, 0.2) is 24.3 Å². The number of carbonyl (C=O) groups is 1. The first-order valence-corrected chi connectivity index (χ1v) is 6.77. The van der Waals surface area contributed by atoms with Crippen LogP contribution in [0.5, 0.6) is 11.5 Å². The summed E-state index contributed by atoms with van der Waals surface area (Å²) in [6.45, 7) is 0.346. The Morgan fingerprint density at radius 1 is 1.32 bits per heavy atom. The molecule has 0 bridgehead atoms. The van der Waals surface area contributed by atoms with E-state index in [1.54, 1.807) is 0 Å². The van der Waals surface area contributed by atoms with E-state index in [1.165, 1.54) is 18.2 Å². The minimum Gasteiger partial charge on any atom is -0.489 e. The number of ether oxygens (including phenoxy) is 2. The van der Waals surface area contributed by atoms with Crippen LogP contribution in [0.3, 0.4) is 0 Å². The second-order valence-corrected chi connectivity index (χ2v) is 5.03. The van der Waals surface area contributed by atoms with Crippen molar-refractivity contribution in [2.45, 2.75) is 25.6 Å². The first-order valence-electron chi connectivity index (χ1n) is 6.77. The van der Waals surface area contributed by atoms with E-state index in [-0.39, 0.29) is 11.3 Å². The summed E-state index contributed by atoms with van der Waals surface area (Å²) in [6.07, 6.45) is 0.301. The molecule has 0 saturated heterocycles. The minimum absolute atomic E-state index is 0.00306. The Hall–Kier alpha value is -2.18. The molecule has 2 rings (SSSR count). The molecule has 0 aromatic heterocycles. The summed E-state index contributed by atoms with van der Waals surface area (Å²) < 4.78 is 46.7. The summed E-state index contributed by atoms with van der Waals surface area (Å²) in [7, 11) is 0. The number of alkyl halides is 3. The third-order valence-electron chi connectivity index (χ3n) is 3.31. The molecule has 0 spiro atoms. The third kappa shape index (κ3) is 4.98. The van der Waals surface area contributed by atoms with Gasteiger partial charge in [0, 0.05) is 6.08 Å². The summed E-state index contributed by atoms with van der Waals surface area (Å²) in [5, 5.41) is 8.54. The van der Waals surface area contributed by atoms with Crippen LogP contribution in [0, 0.1) is 5.92 Å². The molecule has 7 heteroatoms. The van der Waals surface area contributed by atoms with Crippen molar-refractivity contribution in [1.29, 1.82) is 0 Å². The molecule has 1 fully saturated rings. The lowest BCUT2D eigenvalue weighted by Gasteiger charge is -2.25. The molecule has 1 saturated carbocycles. The fraction of sp³-hybridized carbons (Fsp3) is 0.400. The molecule has 120 valence electrons. The van der Waals surface area contributed by atoms with Crippen molar-refractivity contribution >= 4 is 12.0 Å². The number of carboxylic acid groups (broad SMARTS) is 1. The number of hydrogen-bond acceptors (Lipinski definition) is 3. The van der Waals surface area contributed by atoms with Gasteiger partial charge in [-0.1, -0.05) is 12.5 Å². The lowest BCUT2D eigenvalue weighted by Crippen LogP contribution is -2.21. The second-order valence-electron chi connectivity index (χ2n) is 5.03. The molecule has 1 aromatic rings. The van der Waals surface area contributed by atoms with Crippen LogP contribution >= 0.6 is 0 Å². The predicted octanol–water partition coefficient (Wildman–Crippen LogP) is 3.86. The van der Waals surface area contributed by atoms with Crippen LogP contribution in [-0.4, -0.2) is 24.0 Å². The zero-order valence-corrected chi connectivity index (χ0v) is 11.6. The number of benzene rings is 1. The highest BCUT2D eigenvalue weighted by Crippen LogP contribution is 2.35. The molecule has 22 heavy (non-hydrogen) atoms. The molecule has 0 amide bonds. The fourth-order valence-electron chi connectivity index (χ4n) is 1.99. The van der Waals surface area contributed by atoms with E-state index < -0.39 is 18.1 Å². The zero-order valence-electron chi connectivity index (χ0n) is 11.6. The van der Waals surface area contributed by atoms with Crippen molar-refractivity contribution in [2.24, 2.45) is 5.92 Å². The van der Waals surface area contributed by atoms with Crippen LogP contribution in [0.25, 0.3) is 6.08 Å². The highest BCUT2D eigenvalue weighted by molar-refractivity contribution is 5.85. The fourth-order valence-corrected chi connectivity index (χ4v) is 1.99. The van der Waals surface area contributed by atoms with Crippen LogP contribution in [0.2, 0.25) is 0 Å². The molecular weight excluding hydrogens is 301 g/mol. The van der Waals surface area contributed by atoms with Crippen LogP contribution in [0.1, 0.15) is 24.8 Å². The summed E-state index contributed by atoms with van der Waals surface area (Å²) >= 11 is 0. The Labute approximate surface area is 125 Å². The van der Waals surface area contributed by atoms with E-state index in [4.69, 9.17) is 9.84 Å². The molecule has 4 nitrogen and oxygen atoms in total. The Morgan fingerprint density at radius 2 is 2.05 bits per heavy atom. The monoisotopic (exact) mass is 316 g/mol. The van der Waals surface area contributed by atoms with E-state index in [1.807, 2.05) is 0 Å². The highest BCUT2D eigenvalue weighted by atomic mass is 19.4. The van der Waals surface area contributed by atoms with Gasteiger partial charge in [0.1, 0.15) is 0 Å². The lowest BCUT2D eigenvalue weighted by atomic mass is 9.86. The standard InChI is InChI=1S/C15H15F3O4/c16-15(17,18)22-13-8-10(5-7-14(19)20)4-6-12(13)21-9-11-2-1-3-11/h4-8,11H,1-3,9H2,(H,19,20)/b7-5+. The average molecular weight is 316 g/mol. The zero-order chi connectivity index (χ0) is 16.2. The highest BCUT2D eigenvalue weighted by Gasteiger charge is 2.32. The van der Waals surface area contributed by atoms with Crippen LogP contribution in [0.4, 0.5) is 13.2 Å². The van der Waals surface area contributed by atoms with Gasteiger partial charge in [-0.25, -0.2) is 4.79 Å². The average Bonchev–Trinajstić information content (AvgIpc) is 2.34. The first-order chi connectivity index (χ1) is 10.3. The Balaban J connectivity index is 2.16. The number of carboxylic acids is 1. The molecule has 0 radical (unpaired) electrons. The molecule has 0 atom stereocenters. The second kappa shape index (κ2) is 6.72. The molecule has 1 aliphatic carbocycles. The summed E-state index contributed by atoms with van der Waals surface area (Å²) in [5.41, 5.74) is 0.276. The van der Waals surface area contributed by atoms with Gasteiger partial charge in [-0.2, -0.15) is 0 Å². The van der Waals surface area contributed by atoms with Gasteiger partial charge in [0.15, 0.2) is 11.5 Å². The number of rotatable bonds is 6. The first kappa shape index (κ1) is 16.2. The maximum absolute atomic E-state index is 12.5. The number of aliphatic carboxylic acids is 1. The maximum atomic E-state index is 12.5. The largest absolute Gasteiger partial charge is 0.573 e. The molecular formula is C15H15F3O4. The van der Waals surface area contributed by atoms with Gasteiger partial charge in [-0.3, -0.25) is 0 Å². The van der Waals surface area contributed by atoms with E-state index in [2.05, 4.69) is 4.74 Å². The van der Waals surface area contributed by atoms with Crippen molar-refractivity contribution in [1.82, 2.24) is 0 Å². The van der Waals surface area contributed by atoms with Crippen molar-refractivity contribution in [3.8, 4) is 11.5 Å². The smallest absolute Gasteiger partial charge is 0.489 e. The van der Waals surface area contributed by atoms with Crippen molar-refractivity contribution in [2.75, 3.05) is 6.61 Å². The normalized spacial score (nSPS) is 15.6. The SMILES string of the molecule is O=C(O)/C=C/c1ccc(OCC2CCC2)c(OC(F)(F)F)c1. The Bertz CT molecular complexity index is 562. The van der Waals surface area contributed by atoms with Gasteiger partial charge < -0.3 is 14.6 Å². The van der Waals surface area contributed by atoms with Gasteiger partial charge in [0.05, 0.1) is 6.61 Å². The number of hydrogen-bond donors (Lipinski definition) is 1. The van der Waals surface area contributed by atoms with E-state index in [0.717, 1.165) is 31.4 Å². The quantitative estimate of drug-likeness (QED) is 0.810. The van der Waals surface area contributed by atoms with Crippen molar-refractivity contribution < 1.29 is 32.5 Å². The number of halogens is 3. The molecule has 1 N–H and O–H groups in total. The van der Waals surface area contributed by atoms with Gasteiger partial charge in [0.25, 0.3) is 0 Å². The van der Waals surface area contributed by atoms with Gasteiger partial charge in [-0.15, -0.1) is 13.2 Å². The summed E-state index contributed by atoms with van der Waals surface area (Å²) in [5.74, 6) is -1.30. The van der Waals surface area contributed by atoms with Crippen LogP contribution < -0.4 is 9.47 Å². The molecule has 0 aliphatic heterocycles. The molecule has 1 aliphatic rings. The summed E-state index contributed by atoms with van der Waals surface area (Å²) in [4.78, 5) is 10.4. The molecule has 0 heterocycles. The Morgan fingerprint density at radius 3 is 2.59 bits per heavy atom. The van der Waals surface area contributed by atoms with E-state index in [0.29, 0.717) is 12.5 Å². The van der Waals surface area contributed by atoms with Gasteiger partial charge in [0.2, 0.25) is 0 Å². The van der Waals surface area contributed by atoms with Crippen LogP contribution in [-0.2, 0) is 4.79 Å². The van der Waals surface area contributed by atoms with Gasteiger partial charge >= 0.3 is 12.3 Å². The van der Waals surface area contributed by atoms with E-state index in [9.17, 15) is 18.0 Å². The molecule has 0 unspecified atom stereocenters. The van der Waals surface area contributed by atoms with Crippen molar-refractivity contribution in [3.05, 3.63) is 29.8 Å². The molecule has 1 aromatic carbocycles. The van der Waals surface area contributed by atoms with Crippen molar-refractivity contribution in [3.63, 3.8) is 0 Å². The summed E-state index contributed by atoms with van der Waals surface area (Å²) in [6, 6.07) is 3.92. The maximum Gasteiger partial charge on any atom is 0.573 e. The van der Waals surface area contributed by atoms with Gasteiger partial charge in [-0.05, 0) is 42.5 Å². The topological polar surface area (TPSA) is 55.8 Å². The van der Waals surface area contributed by atoms with E-state index >= 15 is 0 Å². The lowest BCUT2D eigenvalue weighted by molar-refractivity contribution is -0.275. The third-order valence-corrected chi connectivity index (χ3v) is 3.31. The minimum atomic E-state index is -4.84. The Kier molecular flexibility index (Phi) is 4.95.